The first-order chi connectivity index (χ1) is 9.40. The standard InChI is InChI=1S/C15H20F2N2S/c1-9-3-5-11(6-4-9)19(2)14-12(16)7-10(15(18)20)8-13(14)17/h7-9,11H,3-6H2,1-2H3,(H2,18,20). The van der Waals surface area contributed by atoms with Gasteiger partial charge >= 0.3 is 0 Å². The fraction of sp³-hybridized carbons (Fsp3) is 0.533. The normalized spacial score (nSPS) is 22.6. The van der Waals surface area contributed by atoms with E-state index in [0.29, 0.717) is 5.92 Å². The molecule has 0 heterocycles. The van der Waals surface area contributed by atoms with Crippen molar-refractivity contribution in [3.05, 3.63) is 29.3 Å². The van der Waals surface area contributed by atoms with Crippen LogP contribution < -0.4 is 10.6 Å². The zero-order valence-electron chi connectivity index (χ0n) is 11.8. The molecule has 1 saturated carbocycles. The fourth-order valence-electron chi connectivity index (χ4n) is 2.86. The SMILES string of the molecule is CC1CCC(N(C)c2c(F)cc(C(N)=S)cc2F)CC1. The lowest BCUT2D eigenvalue weighted by Crippen LogP contribution is -2.36. The Kier molecular flexibility index (Phi) is 4.58. The second-order valence-electron chi connectivity index (χ2n) is 5.68. The minimum Gasteiger partial charge on any atom is -0.389 e. The Morgan fingerprint density at radius 2 is 1.70 bits per heavy atom. The van der Waals surface area contributed by atoms with Gasteiger partial charge in [0.05, 0.1) is 0 Å². The van der Waals surface area contributed by atoms with Crippen molar-refractivity contribution in [2.75, 3.05) is 11.9 Å². The van der Waals surface area contributed by atoms with E-state index in [-0.39, 0.29) is 22.3 Å². The number of benzene rings is 1. The van der Waals surface area contributed by atoms with Crippen molar-refractivity contribution < 1.29 is 8.78 Å². The average Bonchev–Trinajstić information content (AvgIpc) is 2.38. The van der Waals surface area contributed by atoms with Crippen molar-refractivity contribution in [3.63, 3.8) is 0 Å². The molecule has 2 rings (SSSR count). The molecule has 1 aromatic carbocycles. The largest absolute Gasteiger partial charge is 0.389 e. The van der Waals surface area contributed by atoms with Gasteiger partial charge in [0.15, 0.2) is 0 Å². The highest BCUT2D eigenvalue weighted by atomic mass is 32.1. The van der Waals surface area contributed by atoms with Crippen molar-refractivity contribution in [2.24, 2.45) is 11.7 Å². The molecule has 0 aliphatic heterocycles. The van der Waals surface area contributed by atoms with Crippen molar-refractivity contribution in [2.45, 2.75) is 38.6 Å². The number of hydrogen-bond acceptors (Lipinski definition) is 2. The zero-order valence-corrected chi connectivity index (χ0v) is 12.6. The highest BCUT2D eigenvalue weighted by Gasteiger charge is 2.26. The molecule has 0 amide bonds. The highest BCUT2D eigenvalue weighted by Crippen LogP contribution is 2.32. The summed E-state index contributed by atoms with van der Waals surface area (Å²) < 4.78 is 28.3. The van der Waals surface area contributed by atoms with Gasteiger partial charge < -0.3 is 10.6 Å². The van der Waals surface area contributed by atoms with Gasteiger partial charge in [-0.1, -0.05) is 19.1 Å². The monoisotopic (exact) mass is 298 g/mol. The van der Waals surface area contributed by atoms with Crippen LogP contribution in [0.4, 0.5) is 14.5 Å². The van der Waals surface area contributed by atoms with Crippen molar-refractivity contribution >= 4 is 22.9 Å². The van der Waals surface area contributed by atoms with E-state index >= 15 is 0 Å². The molecule has 2 nitrogen and oxygen atoms in total. The summed E-state index contributed by atoms with van der Waals surface area (Å²) in [6.07, 6.45) is 4.13. The van der Waals surface area contributed by atoms with Crippen LogP contribution in [-0.2, 0) is 0 Å². The first kappa shape index (κ1) is 15.2. The van der Waals surface area contributed by atoms with Crippen molar-refractivity contribution in [3.8, 4) is 0 Å². The van der Waals surface area contributed by atoms with Crippen LogP contribution in [0.5, 0.6) is 0 Å². The fourth-order valence-corrected chi connectivity index (χ4v) is 2.97. The van der Waals surface area contributed by atoms with E-state index in [1.807, 2.05) is 0 Å². The van der Waals surface area contributed by atoms with Crippen LogP contribution >= 0.6 is 12.2 Å². The van der Waals surface area contributed by atoms with E-state index in [1.165, 1.54) is 12.1 Å². The number of anilines is 1. The Hall–Kier alpha value is -1.23. The van der Waals surface area contributed by atoms with Gasteiger partial charge in [0.1, 0.15) is 22.3 Å². The van der Waals surface area contributed by atoms with E-state index in [1.54, 1.807) is 11.9 Å². The Balaban J connectivity index is 2.26. The summed E-state index contributed by atoms with van der Waals surface area (Å²) in [5.74, 6) is -0.505. The molecular formula is C15H20F2N2S. The Morgan fingerprint density at radius 1 is 1.20 bits per heavy atom. The second-order valence-corrected chi connectivity index (χ2v) is 6.12. The number of nitrogens with two attached hydrogens (primary N) is 1. The summed E-state index contributed by atoms with van der Waals surface area (Å²) in [4.78, 5) is 1.73. The predicted molar refractivity (Wildman–Crippen MR) is 82.1 cm³/mol. The van der Waals surface area contributed by atoms with Crippen LogP contribution in [0.15, 0.2) is 12.1 Å². The van der Waals surface area contributed by atoms with E-state index < -0.39 is 11.6 Å². The van der Waals surface area contributed by atoms with Gasteiger partial charge in [-0.05, 0) is 43.7 Å². The van der Waals surface area contributed by atoms with Crippen LogP contribution in [0.1, 0.15) is 38.2 Å². The summed E-state index contributed by atoms with van der Waals surface area (Å²) in [6, 6.07) is 2.61. The lowest BCUT2D eigenvalue weighted by atomic mass is 9.86. The molecule has 110 valence electrons. The molecule has 1 aromatic rings. The lowest BCUT2D eigenvalue weighted by Gasteiger charge is -2.35. The molecule has 0 bridgehead atoms. The van der Waals surface area contributed by atoms with Gasteiger partial charge in [0.2, 0.25) is 0 Å². The third-order valence-electron chi connectivity index (χ3n) is 4.19. The molecule has 2 N–H and O–H groups in total. The first-order valence-corrected chi connectivity index (χ1v) is 7.32. The summed E-state index contributed by atoms with van der Waals surface area (Å²) in [5, 5.41) is 0. The van der Waals surface area contributed by atoms with Gasteiger partial charge in [-0.2, -0.15) is 0 Å². The molecule has 0 radical (unpaired) electrons. The van der Waals surface area contributed by atoms with Gasteiger partial charge in [-0.15, -0.1) is 0 Å². The van der Waals surface area contributed by atoms with E-state index in [4.69, 9.17) is 18.0 Å². The van der Waals surface area contributed by atoms with E-state index in [0.717, 1.165) is 25.7 Å². The topological polar surface area (TPSA) is 29.3 Å². The maximum atomic E-state index is 14.2. The Morgan fingerprint density at radius 3 is 2.15 bits per heavy atom. The third-order valence-corrected chi connectivity index (χ3v) is 4.42. The van der Waals surface area contributed by atoms with E-state index in [2.05, 4.69) is 6.92 Å². The molecule has 0 unspecified atom stereocenters. The van der Waals surface area contributed by atoms with Gasteiger partial charge in [-0.25, -0.2) is 8.78 Å². The molecule has 1 aliphatic rings. The molecule has 0 aromatic heterocycles. The predicted octanol–water partition coefficient (Wildman–Crippen LogP) is 3.61. The molecule has 5 heteroatoms. The number of rotatable bonds is 3. The Bertz CT molecular complexity index is 488. The van der Waals surface area contributed by atoms with Gasteiger partial charge in [-0.3, -0.25) is 0 Å². The van der Waals surface area contributed by atoms with Crippen LogP contribution in [0.3, 0.4) is 0 Å². The molecule has 0 spiro atoms. The van der Waals surface area contributed by atoms with Crippen molar-refractivity contribution in [1.29, 1.82) is 0 Å². The summed E-state index contributed by atoms with van der Waals surface area (Å²) >= 11 is 4.76. The molecule has 20 heavy (non-hydrogen) atoms. The van der Waals surface area contributed by atoms with Crippen LogP contribution in [0, 0.1) is 17.6 Å². The number of thiocarbonyl (C=S) groups is 1. The third kappa shape index (κ3) is 3.08. The van der Waals surface area contributed by atoms with Crippen molar-refractivity contribution in [1.82, 2.24) is 0 Å². The molecule has 0 atom stereocenters. The first-order valence-electron chi connectivity index (χ1n) is 6.91. The van der Waals surface area contributed by atoms with E-state index in [9.17, 15) is 8.78 Å². The molecule has 1 fully saturated rings. The molecule has 1 aliphatic carbocycles. The summed E-state index contributed by atoms with van der Waals surface area (Å²) in [5.41, 5.74) is 5.66. The zero-order chi connectivity index (χ0) is 14.9. The smallest absolute Gasteiger partial charge is 0.150 e. The minimum absolute atomic E-state index is 0.00324. The summed E-state index contributed by atoms with van der Waals surface area (Å²) in [7, 11) is 1.75. The maximum absolute atomic E-state index is 14.2. The summed E-state index contributed by atoms with van der Waals surface area (Å²) in [6.45, 7) is 2.22. The highest BCUT2D eigenvalue weighted by molar-refractivity contribution is 7.80. The molecular weight excluding hydrogens is 278 g/mol. The van der Waals surface area contributed by atoms with Crippen LogP contribution in [0.25, 0.3) is 0 Å². The number of hydrogen-bond donors (Lipinski definition) is 1. The average molecular weight is 298 g/mol. The number of nitrogens with zero attached hydrogens (tertiary/aromatic N) is 1. The Labute approximate surface area is 123 Å². The second kappa shape index (κ2) is 6.04. The van der Waals surface area contributed by atoms with Crippen LogP contribution in [-0.4, -0.2) is 18.1 Å². The maximum Gasteiger partial charge on any atom is 0.150 e. The molecule has 0 saturated heterocycles. The minimum atomic E-state index is -0.603. The van der Waals surface area contributed by atoms with Gasteiger partial charge in [0.25, 0.3) is 0 Å². The van der Waals surface area contributed by atoms with Crippen LogP contribution in [0.2, 0.25) is 0 Å². The van der Waals surface area contributed by atoms with Gasteiger partial charge in [0, 0.05) is 18.7 Å². The number of halogens is 2. The quantitative estimate of drug-likeness (QED) is 0.864. The lowest BCUT2D eigenvalue weighted by molar-refractivity contribution is 0.338.